The molecule has 20 heavy (non-hydrogen) atoms. The molecule has 4 rings (SSSR count). The number of ether oxygens (including phenoxy) is 1. The molecule has 0 unspecified atom stereocenters. The fraction of sp³-hybridized carbons (Fsp3) is 0.267. The number of rotatable bonds is 2. The highest BCUT2D eigenvalue weighted by atomic mass is 16.5. The van der Waals surface area contributed by atoms with Gasteiger partial charge in [0.2, 0.25) is 0 Å². The summed E-state index contributed by atoms with van der Waals surface area (Å²) in [6.07, 6.45) is 2.72. The van der Waals surface area contributed by atoms with Gasteiger partial charge in [0, 0.05) is 24.1 Å². The summed E-state index contributed by atoms with van der Waals surface area (Å²) in [6, 6.07) is 9.84. The lowest BCUT2D eigenvalue weighted by atomic mass is 10.1. The first-order valence-electron chi connectivity index (χ1n) is 6.67. The van der Waals surface area contributed by atoms with E-state index >= 15 is 0 Å². The Morgan fingerprint density at radius 3 is 3.00 bits per heavy atom. The van der Waals surface area contributed by atoms with E-state index in [1.165, 1.54) is 0 Å². The molecule has 2 aromatic heterocycles. The SMILES string of the molecule is c1ccc2c(-c3nc([C@@H]4CCOC4)no3)ccnc2c1. The molecule has 0 aliphatic carbocycles. The molecule has 3 heterocycles. The van der Waals surface area contributed by atoms with Gasteiger partial charge in [0.15, 0.2) is 5.82 Å². The van der Waals surface area contributed by atoms with E-state index in [2.05, 4.69) is 15.1 Å². The predicted molar refractivity (Wildman–Crippen MR) is 73.2 cm³/mol. The highest BCUT2D eigenvalue weighted by Crippen LogP contribution is 2.29. The van der Waals surface area contributed by atoms with Crippen LogP contribution in [0, 0.1) is 0 Å². The Hall–Kier alpha value is -2.27. The van der Waals surface area contributed by atoms with Crippen molar-refractivity contribution in [1.82, 2.24) is 15.1 Å². The maximum Gasteiger partial charge on any atom is 0.258 e. The second-order valence-corrected chi connectivity index (χ2v) is 4.89. The fourth-order valence-electron chi connectivity index (χ4n) is 2.53. The van der Waals surface area contributed by atoms with E-state index in [0.717, 1.165) is 35.3 Å². The molecule has 0 N–H and O–H groups in total. The normalized spacial score (nSPS) is 18.7. The van der Waals surface area contributed by atoms with E-state index in [4.69, 9.17) is 9.26 Å². The second kappa shape index (κ2) is 4.68. The van der Waals surface area contributed by atoms with Crippen LogP contribution in [-0.2, 0) is 4.74 Å². The first-order chi connectivity index (χ1) is 9.92. The van der Waals surface area contributed by atoms with Gasteiger partial charge in [0.05, 0.1) is 17.7 Å². The topological polar surface area (TPSA) is 61.0 Å². The molecule has 1 aliphatic heterocycles. The van der Waals surface area contributed by atoms with Gasteiger partial charge in [0.25, 0.3) is 5.89 Å². The zero-order valence-corrected chi connectivity index (χ0v) is 10.8. The third-order valence-electron chi connectivity index (χ3n) is 3.62. The molecular weight excluding hydrogens is 254 g/mol. The van der Waals surface area contributed by atoms with Crippen LogP contribution >= 0.6 is 0 Å². The van der Waals surface area contributed by atoms with Crippen molar-refractivity contribution in [3.63, 3.8) is 0 Å². The molecule has 1 fully saturated rings. The van der Waals surface area contributed by atoms with Crippen LogP contribution in [-0.4, -0.2) is 28.3 Å². The zero-order chi connectivity index (χ0) is 13.4. The van der Waals surface area contributed by atoms with Crippen molar-refractivity contribution in [3.05, 3.63) is 42.4 Å². The summed E-state index contributed by atoms with van der Waals surface area (Å²) in [5.74, 6) is 1.53. The number of pyridine rings is 1. The van der Waals surface area contributed by atoms with Gasteiger partial charge in [-0.25, -0.2) is 0 Å². The van der Waals surface area contributed by atoms with Crippen LogP contribution in [0.2, 0.25) is 0 Å². The Morgan fingerprint density at radius 2 is 2.10 bits per heavy atom. The molecule has 0 amide bonds. The van der Waals surface area contributed by atoms with Crippen molar-refractivity contribution < 1.29 is 9.26 Å². The molecular formula is C15H13N3O2. The Labute approximate surface area is 115 Å². The fourth-order valence-corrected chi connectivity index (χ4v) is 2.53. The van der Waals surface area contributed by atoms with Gasteiger partial charge in [-0.2, -0.15) is 4.98 Å². The Bertz CT molecular complexity index is 742. The molecule has 5 nitrogen and oxygen atoms in total. The highest BCUT2D eigenvalue weighted by Gasteiger charge is 2.23. The molecule has 1 atom stereocenters. The van der Waals surface area contributed by atoms with Crippen molar-refractivity contribution in [2.24, 2.45) is 0 Å². The first kappa shape index (κ1) is 11.5. The number of nitrogens with zero attached hydrogens (tertiary/aromatic N) is 3. The van der Waals surface area contributed by atoms with E-state index in [-0.39, 0.29) is 5.92 Å². The quantitative estimate of drug-likeness (QED) is 0.714. The maximum absolute atomic E-state index is 5.43. The Balaban J connectivity index is 1.79. The van der Waals surface area contributed by atoms with Gasteiger partial charge >= 0.3 is 0 Å². The summed E-state index contributed by atoms with van der Waals surface area (Å²) in [7, 11) is 0. The molecule has 3 aromatic rings. The van der Waals surface area contributed by atoms with Gasteiger partial charge in [-0.15, -0.1) is 0 Å². The van der Waals surface area contributed by atoms with E-state index < -0.39 is 0 Å². The summed E-state index contributed by atoms with van der Waals surface area (Å²) in [5.41, 5.74) is 1.85. The van der Waals surface area contributed by atoms with Crippen LogP contribution in [0.1, 0.15) is 18.2 Å². The molecule has 5 heteroatoms. The lowest BCUT2D eigenvalue weighted by Gasteiger charge is -2.01. The summed E-state index contributed by atoms with van der Waals surface area (Å²) < 4.78 is 10.8. The van der Waals surface area contributed by atoms with Crippen LogP contribution < -0.4 is 0 Å². The Kier molecular flexibility index (Phi) is 2.70. The number of benzene rings is 1. The molecule has 1 aromatic carbocycles. The lowest BCUT2D eigenvalue weighted by Crippen LogP contribution is -1.99. The largest absolute Gasteiger partial charge is 0.381 e. The highest BCUT2D eigenvalue weighted by molar-refractivity contribution is 5.91. The number of fused-ring (bicyclic) bond motifs is 1. The number of hydrogen-bond acceptors (Lipinski definition) is 5. The third-order valence-corrected chi connectivity index (χ3v) is 3.62. The van der Waals surface area contributed by atoms with Crippen molar-refractivity contribution in [3.8, 4) is 11.5 Å². The average Bonchev–Trinajstić information content (AvgIpc) is 3.17. The van der Waals surface area contributed by atoms with Crippen molar-refractivity contribution in [2.75, 3.05) is 13.2 Å². The molecule has 0 bridgehead atoms. The predicted octanol–water partition coefficient (Wildman–Crippen LogP) is 2.79. The molecule has 0 saturated carbocycles. The smallest absolute Gasteiger partial charge is 0.258 e. The van der Waals surface area contributed by atoms with Crippen LogP contribution in [0.3, 0.4) is 0 Å². The lowest BCUT2D eigenvalue weighted by molar-refractivity contribution is 0.192. The van der Waals surface area contributed by atoms with Crippen molar-refractivity contribution in [1.29, 1.82) is 0 Å². The summed E-state index contributed by atoms with van der Waals surface area (Å²) in [6.45, 7) is 1.45. The van der Waals surface area contributed by atoms with Crippen molar-refractivity contribution >= 4 is 10.9 Å². The van der Waals surface area contributed by atoms with E-state index in [0.29, 0.717) is 12.5 Å². The molecule has 1 saturated heterocycles. The minimum atomic E-state index is 0.251. The monoisotopic (exact) mass is 267 g/mol. The third kappa shape index (κ3) is 1.87. The van der Waals surface area contributed by atoms with E-state index in [9.17, 15) is 0 Å². The van der Waals surface area contributed by atoms with E-state index in [1.807, 2.05) is 30.3 Å². The number of para-hydroxylation sites is 1. The number of aromatic nitrogens is 3. The molecule has 1 aliphatic rings. The first-order valence-corrected chi connectivity index (χ1v) is 6.67. The van der Waals surface area contributed by atoms with Gasteiger partial charge in [0.1, 0.15) is 0 Å². The van der Waals surface area contributed by atoms with Gasteiger partial charge < -0.3 is 9.26 Å². The van der Waals surface area contributed by atoms with E-state index in [1.54, 1.807) is 6.20 Å². The summed E-state index contributed by atoms with van der Waals surface area (Å²) in [5, 5.41) is 5.12. The summed E-state index contributed by atoms with van der Waals surface area (Å²) >= 11 is 0. The Morgan fingerprint density at radius 1 is 1.15 bits per heavy atom. The van der Waals surface area contributed by atoms with Crippen molar-refractivity contribution in [2.45, 2.75) is 12.3 Å². The van der Waals surface area contributed by atoms with Crippen LogP contribution in [0.5, 0.6) is 0 Å². The van der Waals surface area contributed by atoms with Gasteiger partial charge in [-0.1, -0.05) is 23.4 Å². The number of hydrogen-bond donors (Lipinski definition) is 0. The maximum atomic E-state index is 5.43. The standard InChI is InChI=1S/C15H13N3O2/c1-2-4-13-11(3-1)12(5-7-16-13)15-17-14(18-20-15)10-6-8-19-9-10/h1-5,7,10H,6,8-9H2/t10-/m1/s1. The average molecular weight is 267 g/mol. The zero-order valence-electron chi connectivity index (χ0n) is 10.8. The molecule has 0 radical (unpaired) electrons. The van der Waals surface area contributed by atoms with Crippen LogP contribution in [0.15, 0.2) is 41.1 Å². The van der Waals surface area contributed by atoms with Crippen LogP contribution in [0.25, 0.3) is 22.4 Å². The molecule has 0 spiro atoms. The molecule has 100 valence electrons. The second-order valence-electron chi connectivity index (χ2n) is 4.89. The van der Waals surface area contributed by atoms with Gasteiger partial charge in [-0.05, 0) is 18.6 Å². The van der Waals surface area contributed by atoms with Crippen LogP contribution in [0.4, 0.5) is 0 Å². The summed E-state index contributed by atoms with van der Waals surface area (Å²) in [4.78, 5) is 8.87. The van der Waals surface area contributed by atoms with Gasteiger partial charge in [-0.3, -0.25) is 4.98 Å². The minimum absolute atomic E-state index is 0.251. The minimum Gasteiger partial charge on any atom is -0.381 e.